The van der Waals surface area contributed by atoms with Crippen molar-refractivity contribution in [2.75, 3.05) is 0 Å². The Kier molecular flexibility index (Phi) is 3.26. The van der Waals surface area contributed by atoms with E-state index in [1.165, 1.54) is 44.0 Å². The van der Waals surface area contributed by atoms with E-state index in [0.717, 1.165) is 0 Å². The fraction of sp³-hybridized carbons (Fsp3) is 0.143. The number of hydrogen-bond acceptors (Lipinski definition) is 0. The normalized spacial score (nSPS) is 11.3. The Morgan fingerprint density at radius 2 is 1.17 bits per heavy atom. The average molecular weight is 296 g/mol. The van der Waals surface area contributed by atoms with Crippen molar-refractivity contribution >= 4 is 34.7 Å². The summed E-state index contributed by atoms with van der Waals surface area (Å²) in [6.07, 6.45) is 0. The summed E-state index contributed by atoms with van der Waals surface area (Å²) in [5.41, 5.74) is 7.79. The van der Waals surface area contributed by atoms with E-state index in [9.17, 15) is 0 Å². The average Bonchev–Trinajstić information content (AvgIpc) is 2.85. The van der Waals surface area contributed by atoms with Crippen molar-refractivity contribution in [2.24, 2.45) is 0 Å². The van der Waals surface area contributed by atoms with Crippen molar-refractivity contribution in [3.63, 3.8) is 0 Å². The quantitative estimate of drug-likeness (QED) is 0.480. The largest absolute Gasteiger partial charge is 0.385 e. The summed E-state index contributed by atoms with van der Waals surface area (Å²) < 4.78 is 2.33. The molecule has 2 heteroatoms. The highest BCUT2D eigenvalue weighted by atomic mass is 14.9. The van der Waals surface area contributed by atoms with Gasteiger partial charge in [0.1, 0.15) is 0 Å². The van der Waals surface area contributed by atoms with Gasteiger partial charge in [0, 0.05) is 21.8 Å². The highest BCUT2D eigenvalue weighted by molar-refractivity contribution is 6.56. The first-order valence-electron chi connectivity index (χ1n) is 8.05. The molecule has 23 heavy (non-hydrogen) atoms. The molecule has 3 aromatic carbocycles. The highest BCUT2D eigenvalue weighted by Gasteiger charge is 2.13. The van der Waals surface area contributed by atoms with Gasteiger partial charge in [-0.05, 0) is 32.9 Å². The summed E-state index contributed by atoms with van der Waals surface area (Å²) in [6, 6.07) is 21.8. The van der Waals surface area contributed by atoms with E-state index >= 15 is 0 Å². The zero-order valence-corrected chi connectivity index (χ0v) is 13.8. The summed E-state index contributed by atoms with van der Waals surface area (Å²) in [5, 5.41) is 2.61. The van der Waals surface area contributed by atoms with Gasteiger partial charge in [-0.1, -0.05) is 70.7 Å². The number of rotatable bonds is 2. The first-order chi connectivity index (χ1) is 11.1. The van der Waals surface area contributed by atoms with Gasteiger partial charge < -0.3 is 4.48 Å². The maximum absolute atomic E-state index is 2.33. The van der Waals surface area contributed by atoms with Crippen molar-refractivity contribution in [3.8, 4) is 0 Å². The van der Waals surface area contributed by atoms with Crippen LogP contribution >= 0.6 is 0 Å². The summed E-state index contributed by atoms with van der Waals surface area (Å²) in [7, 11) is 2.29. The minimum absolute atomic E-state index is 1.26. The molecule has 111 valence electrons. The SMILES string of the molecule is Cc1cc(C)c([B]n2c3ccccc3c3ccccc32)c(C)c1. The Bertz CT molecular complexity index is 950. The molecular formula is C21H19BN. The molecule has 1 radical (unpaired) electrons. The van der Waals surface area contributed by atoms with E-state index in [0.29, 0.717) is 0 Å². The number of nitrogens with zero attached hydrogens (tertiary/aromatic N) is 1. The van der Waals surface area contributed by atoms with Gasteiger partial charge in [0.05, 0.1) is 0 Å². The fourth-order valence-electron chi connectivity index (χ4n) is 3.62. The molecule has 0 saturated heterocycles. The summed E-state index contributed by atoms with van der Waals surface area (Å²) in [6.45, 7) is 6.55. The van der Waals surface area contributed by atoms with Crippen molar-refractivity contribution in [3.05, 3.63) is 77.4 Å². The Morgan fingerprint density at radius 1 is 0.696 bits per heavy atom. The topological polar surface area (TPSA) is 4.93 Å². The second kappa shape index (κ2) is 5.31. The molecule has 1 nitrogen and oxygen atoms in total. The Labute approximate surface area is 137 Å². The van der Waals surface area contributed by atoms with E-state index < -0.39 is 0 Å². The smallest absolute Gasteiger partial charge is 0.291 e. The number of benzene rings is 3. The molecule has 0 spiro atoms. The van der Waals surface area contributed by atoms with Gasteiger partial charge in [-0.2, -0.15) is 0 Å². The number of fused-ring (bicyclic) bond motifs is 3. The lowest BCUT2D eigenvalue weighted by Gasteiger charge is -2.13. The van der Waals surface area contributed by atoms with Crippen LogP contribution in [0, 0.1) is 20.8 Å². The van der Waals surface area contributed by atoms with Crippen LogP contribution in [-0.4, -0.2) is 11.9 Å². The van der Waals surface area contributed by atoms with Gasteiger partial charge in [-0.25, -0.2) is 0 Å². The summed E-state index contributed by atoms with van der Waals surface area (Å²) >= 11 is 0. The second-order valence-corrected chi connectivity index (χ2v) is 6.35. The first kappa shape index (κ1) is 14.1. The highest BCUT2D eigenvalue weighted by Crippen LogP contribution is 2.27. The minimum Gasteiger partial charge on any atom is -0.385 e. The van der Waals surface area contributed by atoms with Crippen LogP contribution in [0.15, 0.2) is 60.7 Å². The third-order valence-corrected chi connectivity index (χ3v) is 4.61. The number of aryl methyl sites for hydroxylation is 3. The zero-order valence-electron chi connectivity index (χ0n) is 13.8. The molecule has 0 aliphatic carbocycles. The van der Waals surface area contributed by atoms with Gasteiger partial charge in [0.2, 0.25) is 0 Å². The van der Waals surface area contributed by atoms with Crippen molar-refractivity contribution < 1.29 is 0 Å². The molecule has 0 unspecified atom stereocenters. The van der Waals surface area contributed by atoms with Gasteiger partial charge in [0.25, 0.3) is 7.41 Å². The van der Waals surface area contributed by atoms with Crippen LogP contribution < -0.4 is 5.46 Å². The van der Waals surface area contributed by atoms with Crippen LogP contribution in [-0.2, 0) is 0 Å². The summed E-state index contributed by atoms with van der Waals surface area (Å²) in [4.78, 5) is 0. The third-order valence-electron chi connectivity index (χ3n) is 4.61. The maximum atomic E-state index is 2.33. The van der Waals surface area contributed by atoms with Gasteiger partial charge in [-0.15, -0.1) is 0 Å². The standard InChI is InChI=1S/C21H19BN/c1-14-12-15(2)21(16(3)13-14)22-23-19-10-6-4-8-17(19)18-9-5-7-11-20(18)23/h4-13H,1-3H3. The molecule has 0 aliphatic rings. The van der Waals surface area contributed by atoms with Gasteiger partial charge in [-0.3, -0.25) is 0 Å². The van der Waals surface area contributed by atoms with E-state index in [4.69, 9.17) is 0 Å². The Balaban J connectivity index is 1.98. The lowest BCUT2D eigenvalue weighted by molar-refractivity contribution is 1.32. The predicted molar refractivity (Wildman–Crippen MR) is 101 cm³/mol. The second-order valence-electron chi connectivity index (χ2n) is 6.35. The fourth-order valence-corrected chi connectivity index (χ4v) is 3.62. The van der Waals surface area contributed by atoms with E-state index in [2.05, 4.69) is 93.3 Å². The van der Waals surface area contributed by atoms with Crippen LogP contribution in [0.4, 0.5) is 0 Å². The van der Waals surface area contributed by atoms with Crippen LogP contribution in [0.5, 0.6) is 0 Å². The molecule has 4 rings (SSSR count). The first-order valence-corrected chi connectivity index (χ1v) is 8.05. The van der Waals surface area contributed by atoms with E-state index in [1.807, 2.05) is 0 Å². The molecule has 0 aliphatic heterocycles. The van der Waals surface area contributed by atoms with E-state index in [1.54, 1.807) is 0 Å². The molecule has 0 N–H and O–H groups in total. The van der Waals surface area contributed by atoms with E-state index in [-0.39, 0.29) is 0 Å². The number of hydrogen-bond donors (Lipinski definition) is 0. The molecule has 1 aromatic heterocycles. The molecule has 0 amide bonds. The van der Waals surface area contributed by atoms with Crippen molar-refractivity contribution in [2.45, 2.75) is 20.8 Å². The van der Waals surface area contributed by atoms with Gasteiger partial charge >= 0.3 is 0 Å². The lowest BCUT2D eigenvalue weighted by Crippen LogP contribution is -2.27. The molecule has 0 fully saturated rings. The number of para-hydroxylation sites is 2. The predicted octanol–water partition coefficient (Wildman–Crippen LogP) is 4.51. The number of aromatic nitrogens is 1. The van der Waals surface area contributed by atoms with Crippen LogP contribution in [0.1, 0.15) is 16.7 Å². The van der Waals surface area contributed by atoms with Crippen LogP contribution in [0.25, 0.3) is 21.8 Å². The van der Waals surface area contributed by atoms with Crippen LogP contribution in [0.2, 0.25) is 0 Å². The molecular weight excluding hydrogens is 277 g/mol. The third kappa shape index (κ3) is 2.26. The molecule has 1 heterocycles. The van der Waals surface area contributed by atoms with Crippen molar-refractivity contribution in [1.29, 1.82) is 0 Å². The molecule has 4 aromatic rings. The zero-order chi connectivity index (χ0) is 16.0. The molecule has 0 atom stereocenters. The lowest BCUT2D eigenvalue weighted by atomic mass is 9.75. The van der Waals surface area contributed by atoms with Gasteiger partial charge in [0.15, 0.2) is 0 Å². The Morgan fingerprint density at radius 3 is 1.70 bits per heavy atom. The summed E-state index contributed by atoms with van der Waals surface area (Å²) in [5.74, 6) is 0. The van der Waals surface area contributed by atoms with Crippen LogP contribution in [0.3, 0.4) is 0 Å². The monoisotopic (exact) mass is 296 g/mol. The van der Waals surface area contributed by atoms with Crippen molar-refractivity contribution in [1.82, 2.24) is 4.48 Å². The molecule has 0 bridgehead atoms. The molecule has 0 saturated carbocycles. The minimum atomic E-state index is 1.26. The maximum Gasteiger partial charge on any atom is 0.291 e. The Hall–Kier alpha value is -2.48.